The second-order valence-electron chi connectivity index (χ2n) is 4.85. The molecule has 0 aliphatic heterocycles. The first kappa shape index (κ1) is 13.0. The third kappa shape index (κ3) is 2.36. The fourth-order valence-electron chi connectivity index (χ4n) is 2.38. The molecule has 0 aliphatic rings. The molecular formula is C15H16N4S. The number of pyridine rings is 1. The molecule has 102 valence electrons. The molecule has 0 radical (unpaired) electrons. The number of rotatable bonds is 3. The maximum absolute atomic E-state index is 4.35. The van der Waals surface area contributed by atoms with E-state index < -0.39 is 0 Å². The van der Waals surface area contributed by atoms with Gasteiger partial charge in [-0.05, 0) is 38.5 Å². The van der Waals surface area contributed by atoms with E-state index in [9.17, 15) is 0 Å². The monoisotopic (exact) mass is 284 g/mol. The minimum absolute atomic E-state index is 0.207. The topological polar surface area (TPSA) is 50.7 Å². The Morgan fingerprint density at radius 3 is 2.85 bits per heavy atom. The summed E-state index contributed by atoms with van der Waals surface area (Å²) in [6.45, 7) is 6.45. The van der Waals surface area contributed by atoms with Gasteiger partial charge in [-0.2, -0.15) is 0 Å². The number of aryl methyl sites for hydroxylation is 2. The highest BCUT2D eigenvalue weighted by atomic mass is 32.1. The Kier molecular flexibility index (Phi) is 3.36. The van der Waals surface area contributed by atoms with E-state index >= 15 is 0 Å². The second-order valence-corrected chi connectivity index (χ2v) is 6.31. The molecule has 0 aromatic carbocycles. The Balaban J connectivity index is 1.95. The van der Waals surface area contributed by atoms with Gasteiger partial charge in [-0.15, -0.1) is 11.3 Å². The van der Waals surface area contributed by atoms with Gasteiger partial charge in [-0.1, -0.05) is 0 Å². The summed E-state index contributed by atoms with van der Waals surface area (Å²) >= 11 is 1.83. The van der Waals surface area contributed by atoms with Crippen molar-refractivity contribution in [1.82, 2.24) is 15.0 Å². The van der Waals surface area contributed by atoms with Crippen molar-refractivity contribution in [2.45, 2.75) is 26.8 Å². The molecule has 5 heteroatoms. The number of hydrogen-bond acceptors (Lipinski definition) is 5. The van der Waals surface area contributed by atoms with Crippen molar-refractivity contribution in [3.8, 4) is 0 Å². The van der Waals surface area contributed by atoms with Gasteiger partial charge in [0.2, 0.25) is 0 Å². The normalized spacial score (nSPS) is 12.6. The molecule has 3 rings (SSSR count). The van der Waals surface area contributed by atoms with Crippen molar-refractivity contribution < 1.29 is 0 Å². The summed E-state index contributed by atoms with van der Waals surface area (Å²) in [5.41, 5.74) is 2.23. The van der Waals surface area contributed by atoms with Crippen LogP contribution in [0.15, 0.2) is 30.9 Å². The summed E-state index contributed by atoms with van der Waals surface area (Å²) in [5, 5.41) is 4.42. The summed E-state index contributed by atoms with van der Waals surface area (Å²) in [6, 6.07) is 4.34. The van der Waals surface area contributed by atoms with Crippen molar-refractivity contribution in [2.75, 3.05) is 5.32 Å². The summed E-state index contributed by atoms with van der Waals surface area (Å²) in [6.07, 6.45) is 5.13. The van der Waals surface area contributed by atoms with Crippen LogP contribution in [0.2, 0.25) is 0 Å². The van der Waals surface area contributed by atoms with Gasteiger partial charge in [0.15, 0.2) is 0 Å². The predicted octanol–water partition coefficient (Wildman–Crippen LogP) is 3.88. The summed E-state index contributed by atoms with van der Waals surface area (Å²) < 4.78 is 0. The number of fused-ring (bicyclic) bond motifs is 1. The minimum Gasteiger partial charge on any atom is -0.363 e. The lowest BCUT2D eigenvalue weighted by Crippen LogP contribution is -2.08. The zero-order valence-corrected chi connectivity index (χ0v) is 12.5. The van der Waals surface area contributed by atoms with E-state index in [1.54, 1.807) is 18.7 Å². The van der Waals surface area contributed by atoms with E-state index in [-0.39, 0.29) is 6.04 Å². The minimum atomic E-state index is 0.207. The molecule has 0 amide bonds. The summed E-state index contributed by atoms with van der Waals surface area (Å²) in [5.74, 6) is 0.832. The van der Waals surface area contributed by atoms with Gasteiger partial charge < -0.3 is 5.32 Å². The highest BCUT2D eigenvalue weighted by molar-refractivity contribution is 7.12. The zero-order valence-electron chi connectivity index (χ0n) is 11.7. The van der Waals surface area contributed by atoms with Crippen molar-refractivity contribution in [3.05, 3.63) is 46.2 Å². The van der Waals surface area contributed by atoms with Crippen LogP contribution in [-0.2, 0) is 0 Å². The van der Waals surface area contributed by atoms with Crippen LogP contribution in [0.3, 0.4) is 0 Å². The lowest BCUT2D eigenvalue weighted by Gasteiger charge is -2.15. The molecule has 0 aliphatic carbocycles. The first-order chi connectivity index (χ1) is 9.65. The van der Waals surface area contributed by atoms with Gasteiger partial charge in [0.05, 0.1) is 16.9 Å². The van der Waals surface area contributed by atoms with Crippen LogP contribution in [0.1, 0.15) is 28.3 Å². The molecule has 0 saturated carbocycles. The molecule has 3 aromatic rings. The molecule has 0 bridgehead atoms. The van der Waals surface area contributed by atoms with Gasteiger partial charge in [-0.25, -0.2) is 9.97 Å². The van der Waals surface area contributed by atoms with Crippen LogP contribution >= 0.6 is 11.3 Å². The van der Waals surface area contributed by atoms with Crippen molar-refractivity contribution in [2.24, 2.45) is 0 Å². The number of nitrogens with one attached hydrogen (secondary N) is 1. The Hall–Kier alpha value is -2.01. The molecule has 3 aromatic heterocycles. The Labute approximate surface area is 121 Å². The molecule has 20 heavy (non-hydrogen) atoms. The molecule has 1 atom stereocenters. The lowest BCUT2D eigenvalue weighted by molar-refractivity contribution is 0.873. The maximum Gasteiger partial charge on any atom is 0.139 e. The number of anilines is 1. The van der Waals surface area contributed by atoms with Crippen LogP contribution < -0.4 is 5.32 Å². The average molecular weight is 284 g/mol. The van der Waals surface area contributed by atoms with E-state index in [0.717, 1.165) is 16.7 Å². The van der Waals surface area contributed by atoms with E-state index in [1.165, 1.54) is 15.3 Å². The number of hydrogen-bond donors (Lipinski definition) is 1. The zero-order chi connectivity index (χ0) is 14.1. The standard InChI is InChI=1S/C15H16N4S/c1-9-6-12(11(3)20-9)10(2)19-15-13-7-16-5-4-14(13)17-8-18-15/h4-8,10H,1-3H3,(H,17,18,19)/t10-/m0/s1. The van der Waals surface area contributed by atoms with Crippen LogP contribution in [0.4, 0.5) is 5.82 Å². The van der Waals surface area contributed by atoms with Crippen LogP contribution in [0.25, 0.3) is 10.9 Å². The fourth-order valence-corrected chi connectivity index (χ4v) is 3.40. The highest BCUT2D eigenvalue weighted by Crippen LogP contribution is 2.29. The third-order valence-electron chi connectivity index (χ3n) is 3.34. The first-order valence-electron chi connectivity index (χ1n) is 6.53. The van der Waals surface area contributed by atoms with Crippen molar-refractivity contribution in [3.63, 3.8) is 0 Å². The molecule has 0 spiro atoms. The van der Waals surface area contributed by atoms with Gasteiger partial charge in [0.1, 0.15) is 12.1 Å². The Bertz CT molecular complexity index is 745. The smallest absolute Gasteiger partial charge is 0.139 e. The highest BCUT2D eigenvalue weighted by Gasteiger charge is 2.13. The number of thiophene rings is 1. The van der Waals surface area contributed by atoms with Gasteiger partial charge in [-0.3, -0.25) is 4.98 Å². The molecule has 1 N–H and O–H groups in total. The largest absolute Gasteiger partial charge is 0.363 e. The summed E-state index contributed by atoms with van der Waals surface area (Å²) in [4.78, 5) is 15.4. The molecule has 0 fully saturated rings. The van der Waals surface area contributed by atoms with Gasteiger partial charge >= 0.3 is 0 Å². The molecule has 3 heterocycles. The van der Waals surface area contributed by atoms with Crippen molar-refractivity contribution >= 4 is 28.1 Å². The third-order valence-corrected chi connectivity index (χ3v) is 4.32. The fraction of sp³-hybridized carbons (Fsp3) is 0.267. The van der Waals surface area contributed by atoms with Crippen LogP contribution in [0, 0.1) is 13.8 Å². The molecule has 0 saturated heterocycles. The Morgan fingerprint density at radius 1 is 1.25 bits per heavy atom. The van der Waals surface area contributed by atoms with E-state index in [1.807, 2.05) is 17.4 Å². The van der Waals surface area contributed by atoms with E-state index in [4.69, 9.17) is 0 Å². The summed E-state index contributed by atoms with van der Waals surface area (Å²) in [7, 11) is 0. The lowest BCUT2D eigenvalue weighted by atomic mass is 10.1. The van der Waals surface area contributed by atoms with E-state index in [0.29, 0.717) is 0 Å². The van der Waals surface area contributed by atoms with E-state index in [2.05, 4.69) is 47.1 Å². The SMILES string of the molecule is Cc1cc([C@H](C)Nc2ncnc3ccncc23)c(C)s1. The molecule has 4 nitrogen and oxygen atoms in total. The molecular weight excluding hydrogens is 268 g/mol. The average Bonchev–Trinajstić information content (AvgIpc) is 2.78. The first-order valence-corrected chi connectivity index (χ1v) is 7.35. The maximum atomic E-state index is 4.35. The van der Waals surface area contributed by atoms with Crippen LogP contribution in [0.5, 0.6) is 0 Å². The second kappa shape index (κ2) is 5.17. The van der Waals surface area contributed by atoms with Gasteiger partial charge in [0.25, 0.3) is 0 Å². The Morgan fingerprint density at radius 2 is 2.10 bits per heavy atom. The van der Waals surface area contributed by atoms with Gasteiger partial charge in [0, 0.05) is 22.1 Å². The number of aromatic nitrogens is 3. The predicted molar refractivity (Wildman–Crippen MR) is 83.2 cm³/mol. The number of nitrogens with zero attached hydrogens (tertiary/aromatic N) is 3. The molecule has 0 unspecified atom stereocenters. The van der Waals surface area contributed by atoms with Crippen molar-refractivity contribution in [1.29, 1.82) is 0 Å². The van der Waals surface area contributed by atoms with Crippen LogP contribution in [-0.4, -0.2) is 15.0 Å². The quantitative estimate of drug-likeness (QED) is 0.793.